The lowest BCUT2D eigenvalue weighted by atomic mass is 9.61. The molecular weight excluding hydrogens is 202 g/mol. The molecule has 0 aromatic heterocycles. The lowest BCUT2D eigenvalue weighted by molar-refractivity contribution is -0.148. The van der Waals surface area contributed by atoms with Crippen molar-refractivity contribution in [3.63, 3.8) is 0 Å². The summed E-state index contributed by atoms with van der Waals surface area (Å²) in [6, 6.07) is 7.14. The first-order chi connectivity index (χ1) is 7.60. The zero-order chi connectivity index (χ0) is 11.8. The Morgan fingerprint density at radius 2 is 2.12 bits per heavy atom. The van der Waals surface area contributed by atoms with E-state index in [0.717, 1.165) is 0 Å². The van der Waals surface area contributed by atoms with Crippen LogP contribution in [0.4, 0.5) is 0 Å². The molecule has 1 fully saturated rings. The molecule has 82 valence electrons. The zero-order valence-electron chi connectivity index (χ0n) is 8.81. The van der Waals surface area contributed by atoms with Gasteiger partial charge in [-0.05, 0) is 24.5 Å². The summed E-state index contributed by atoms with van der Waals surface area (Å²) in [5, 5.41) is 9.35. The molecule has 0 aliphatic heterocycles. The van der Waals surface area contributed by atoms with Crippen molar-refractivity contribution in [1.29, 1.82) is 0 Å². The number of rotatable bonds is 2. The van der Waals surface area contributed by atoms with E-state index in [-0.39, 0.29) is 6.04 Å². The van der Waals surface area contributed by atoms with Crippen LogP contribution in [-0.2, 0) is 10.2 Å². The van der Waals surface area contributed by atoms with E-state index in [2.05, 4.69) is 5.92 Å². The normalized spacial score (nSPS) is 27.9. The van der Waals surface area contributed by atoms with E-state index in [1.165, 1.54) is 0 Å². The highest BCUT2D eigenvalue weighted by Gasteiger charge is 2.51. The smallest absolute Gasteiger partial charge is 0.314 e. The number of carbonyl (C=O) groups is 1. The Labute approximate surface area is 94.3 Å². The van der Waals surface area contributed by atoms with Crippen LogP contribution >= 0.6 is 0 Å². The van der Waals surface area contributed by atoms with Gasteiger partial charge < -0.3 is 10.8 Å². The number of nitrogens with two attached hydrogens (primary N) is 1. The maximum Gasteiger partial charge on any atom is 0.314 e. The first-order valence-electron chi connectivity index (χ1n) is 5.15. The third-order valence-corrected chi connectivity index (χ3v) is 3.23. The molecule has 1 aromatic carbocycles. The van der Waals surface area contributed by atoms with Gasteiger partial charge in [0, 0.05) is 11.6 Å². The number of hydrogen-bond donors (Lipinski definition) is 2. The molecule has 0 saturated heterocycles. The van der Waals surface area contributed by atoms with Crippen molar-refractivity contribution in [2.24, 2.45) is 5.73 Å². The maximum atomic E-state index is 11.4. The van der Waals surface area contributed by atoms with Crippen molar-refractivity contribution in [2.75, 3.05) is 0 Å². The first-order valence-corrected chi connectivity index (χ1v) is 5.15. The Hall–Kier alpha value is -1.79. The van der Waals surface area contributed by atoms with Crippen LogP contribution in [0, 0.1) is 12.3 Å². The summed E-state index contributed by atoms with van der Waals surface area (Å²) in [6.07, 6.45) is 6.31. The van der Waals surface area contributed by atoms with E-state index in [9.17, 15) is 9.90 Å². The van der Waals surface area contributed by atoms with Crippen molar-refractivity contribution in [3.05, 3.63) is 35.4 Å². The molecule has 0 spiro atoms. The van der Waals surface area contributed by atoms with Gasteiger partial charge in [0.2, 0.25) is 0 Å². The number of hydrogen-bond acceptors (Lipinski definition) is 2. The van der Waals surface area contributed by atoms with Gasteiger partial charge in [-0.2, -0.15) is 0 Å². The lowest BCUT2D eigenvalue weighted by Gasteiger charge is -2.43. The molecule has 0 amide bonds. The summed E-state index contributed by atoms with van der Waals surface area (Å²) in [6.45, 7) is 0. The Morgan fingerprint density at radius 1 is 1.50 bits per heavy atom. The van der Waals surface area contributed by atoms with Crippen LogP contribution in [0.3, 0.4) is 0 Å². The number of aliphatic carboxylic acids is 1. The first kappa shape index (κ1) is 10.7. The summed E-state index contributed by atoms with van der Waals surface area (Å²) in [5.41, 5.74) is 6.20. The van der Waals surface area contributed by atoms with Gasteiger partial charge in [0.25, 0.3) is 0 Å². The van der Waals surface area contributed by atoms with E-state index in [1.807, 2.05) is 12.1 Å². The third kappa shape index (κ3) is 1.39. The molecule has 16 heavy (non-hydrogen) atoms. The van der Waals surface area contributed by atoms with Crippen LogP contribution in [-0.4, -0.2) is 17.1 Å². The van der Waals surface area contributed by atoms with Crippen LogP contribution in [0.1, 0.15) is 24.0 Å². The van der Waals surface area contributed by atoms with Crippen LogP contribution in [0.15, 0.2) is 24.3 Å². The fourth-order valence-corrected chi connectivity index (χ4v) is 2.37. The molecule has 1 aromatic rings. The summed E-state index contributed by atoms with van der Waals surface area (Å²) < 4.78 is 0. The van der Waals surface area contributed by atoms with E-state index >= 15 is 0 Å². The lowest BCUT2D eigenvalue weighted by Crippen LogP contribution is -2.54. The highest BCUT2D eigenvalue weighted by molar-refractivity contribution is 5.84. The summed E-state index contributed by atoms with van der Waals surface area (Å²) in [7, 11) is 0. The fourth-order valence-electron chi connectivity index (χ4n) is 2.37. The molecule has 0 heterocycles. The Kier molecular flexibility index (Phi) is 2.45. The Bertz CT molecular complexity index is 467. The van der Waals surface area contributed by atoms with Gasteiger partial charge in [-0.25, -0.2) is 0 Å². The molecule has 3 N–H and O–H groups in total. The number of carboxylic acids is 1. The van der Waals surface area contributed by atoms with E-state index in [1.54, 1.807) is 12.1 Å². The highest BCUT2D eigenvalue weighted by atomic mass is 16.4. The van der Waals surface area contributed by atoms with Gasteiger partial charge in [0.15, 0.2) is 0 Å². The summed E-state index contributed by atoms with van der Waals surface area (Å²) in [4.78, 5) is 11.4. The number of terminal acetylenes is 1. The van der Waals surface area contributed by atoms with Crippen LogP contribution in [0.2, 0.25) is 0 Å². The molecular formula is C13H13NO2. The zero-order valence-corrected chi connectivity index (χ0v) is 8.81. The van der Waals surface area contributed by atoms with E-state index in [0.29, 0.717) is 24.0 Å². The van der Waals surface area contributed by atoms with Crippen molar-refractivity contribution in [3.8, 4) is 12.3 Å². The third-order valence-electron chi connectivity index (χ3n) is 3.23. The molecule has 0 radical (unpaired) electrons. The van der Waals surface area contributed by atoms with Crippen LogP contribution in [0.25, 0.3) is 0 Å². The number of benzene rings is 1. The predicted octanol–water partition coefficient (Wildman–Crippen LogP) is 1.11. The number of carboxylic acid groups (broad SMARTS) is 1. The molecule has 1 aliphatic rings. The van der Waals surface area contributed by atoms with E-state index < -0.39 is 11.4 Å². The largest absolute Gasteiger partial charge is 0.481 e. The molecule has 0 bridgehead atoms. The second-order valence-corrected chi connectivity index (χ2v) is 4.25. The van der Waals surface area contributed by atoms with Crippen molar-refractivity contribution >= 4 is 5.97 Å². The Balaban J connectivity index is 2.50. The van der Waals surface area contributed by atoms with Gasteiger partial charge >= 0.3 is 5.97 Å². The minimum Gasteiger partial charge on any atom is -0.481 e. The van der Waals surface area contributed by atoms with Gasteiger partial charge in [-0.15, -0.1) is 6.42 Å². The highest BCUT2D eigenvalue weighted by Crippen LogP contribution is 2.44. The molecule has 0 atom stereocenters. The molecule has 2 rings (SSSR count). The average Bonchev–Trinajstić information content (AvgIpc) is 2.24. The van der Waals surface area contributed by atoms with Crippen LogP contribution < -0.4 is 5.73 Å². The second kappa shape index (κ2) is 3.66. The molecule has 1 saturated carbocycles. The van der Waals surface area contributed by atoms with Gasteiger partial charge in [0.1, 0.15) is 0 Å². The van der Waals surface area contributed by atoms with Gasteiger partial charge in [-0.3, -0.25) is 4.79 Å². The predicted molar refractivity (Wildman–Crippen MR) is 60.9 cm³/mol. The van der Waals surface area contributed by atoms with Crippen molar-refractivity contribution in [1.82, 2.24) is 0 Å². The Morgan fingerprint density at radius 3 is 2.62 bits per heavy atom. The average molecular weight is 215 g/mol. The summed E-state index contributed by atoms with van der Waals surface area (Å²) >= 11 is 0. The minimum atomic E-state index is -0.873. The van der Waals surface area contributed by atoms with Gasteiger partial charge in [-0.1, -0.05) is 24.1 Å². The van der Waals surface area contributed by atoms with Crippen molar-refractivity contribution in [2.45, 2.75) is 24.3 Å². The standard InChI is InChI=1S/C13H13NO2/c1-2-9-5-3-4-6-11(9)13(12(15)16)7-10(14)8-13/h1,3-6,10H,7-8,14H2,(H,15,16). The summed E-state index contributed by atoms with van der Waals surface area (Å²) in [5.74, 6) is 1.70. The fraction of sp³-hybridized carbons (Fsp3) is 0.308. The van der Waals surface area contributed by atoms with Crippen LogP contribution in [0.5, 0.6) is 0 Å². The minimum absolute atomic E-state index is 0.0399. The monoisotopic (exact) mass is 215 g/mol. The topological polar surface area (TPSA) is 63.3 Å². The van der Waals surface area contributed by atoms with E-state index in [4.69, 9.17) is 12.2 Å². The quantitative estimate of drug-likeness (QED) is 0.726. The SMILES string of the molecule is C#Cc1ccccc1C1(C(=O)O)CC(N)C1. The molecule has 0 unspecified atom stereocenters. The molecule has 1 aliphatic carbocycles. The molecule has 3 heteroatoms. The maximum absolute atomic E-state index is 11.4. The second-order valence-electron chi connectivity index (χ2n) is 4.25. The van der Waals surface area contributed by atoms with Crippen molar-refractivity contribution < 1.29 is 9.90 Å². The molecule has 3 nitrogen and oxygen atoms in total. The van der Waals surface area contributed by atoms with Gasteiger partial charge in [0.05, 0.1) is 5.41 Å².